The molecule has 0 fully saturated rings. The predicted molar refractivity (Wildman–Crippen MR) is 125 cm³/mol. The van der Waals surface area contributed by atoms with Gasteiger partial charge in [0.15, 0.2) is 16.8 Å². The minimum absolute atomic E-state index is 0.208. The summed E-state index contributed by atoms with van der Waals surface area (Å²) in [6, 6.07) is 0. The Kier molecular flexibility index (Phi) is 14.9. The van der Waals surface area contributed by atoms with Crippen molar-refractivity contribution in [1.82, 2.24) is 0 Å². The zero-order chi connectivity index (χ0) is 25.5. The van der Waals surface area contributed by atoms with Crippen molar-refractivity contribution in [1.29, 1.82) is 0 Å². The molecule has 0 aliphatic heterocycles. The maximum absolute atomic E-state index is 13.1. The summed E-state index contributed by atoms with van der Waals surface area (Å²) in [5.74, 6) is -5.72. The van der Waals surface area contributed by atoms with Gasteiger partial charge in [0.05, 0.1) is 6.42 Å². The molecule has 192 valence electrons. The molecule has 0 aromatic rings. The molecule has 0 aliphatic carbocycles. The number of aliphatic hydroxyl groups is 1. The van der Waals surface area contributed by atoms with E-state index in [1.165, 1.54) is 0 Å². The molecule has 0 rings (SSSR count). The number of carbonyl (C=O) groups is 4. The summed E-state index contributed by atoms with van der Waals surface area (Å²) >= 11 is 0. The van der Waals surface area contributed by atoms with E-state index < -0.39 is 47.5 Å². The lowest BCUT2D eigenvalue weighted by atomic mass is 9.63. The molecule has 33 heavy (non-hydrogen) atoms. The van der Waals surface area contributed by atoms with Gasteiger partial charge >= 0.3 is 17.9 Å². The Morgan fingerprint density at radius 1 is 0.727 bits per heavy atom. The largest absolute Gasteiger partial charge is 0.481 e. The fourth-order valence-electron chi connectivity index (χ4n) is 4.36. The number of carboxylic acid groups (broad SMARTS) is 3. The van der Waals surface area contributed by atoms with Crippen LogP contribution in [0.1, 0.15) is 117 Å². The molecular formula is C25H44O8. The Labute approximate surface area is 197 Å². The van der Waals surface area contributed by atoms with Crippen LogP contribution in [-0.4, -0.2) is 49.7 Å². The van der Waals surface area contributed by atoms with Crippen LogP contribution in [0.15, 0.2) is 0 Å². The molecule has 0 aliphatic rings. The third-order valence-electron chi connectivity index (χ3n) is 6.40. The van der Waals surface area contributed by atoms with E-state index in [1.807, 2.05) is 6.92 Å². The SMILES string of the molecule is CCCCCCCC(=O)C(CCCCCCCCC(C)C)(C(=O)O)C(O)(CC(=O)O)C(=O)O. The van der Waals surface area contributed by atoms with Gasteiger partial charge in [0.25, 0.3) is 0 Å². The summed E-state index contributed by atoms with van der Waals surface area (Å²) < 4.78 is 0. The Morgan fingerprint density at radius 2 is 1.24 bits per heavy atom. The second kappa shape index (κ2) is 15.8. The van der Waals surface area contributed by atoms with Crippen molar-refractivity contribution >= 4 is 23.7 Å². The van der Waals surface area contributed by atoms with Crippen molar-refractivity contribution < 1.29 is 39.6 Å². The zero-order valence-electron chi connectivity index (χ0n) is 20.6. The van der Waals surface area contributed by atoms with Crippen LogP contribution >= 0.6 is 0 Å². The maximum Gasteiger partial charge on any atom is 0.338 e. The fraction of sp³-hybridized carbons (Fsp3) is 0.840. The highest BCUT2D eigenvalue weighted by atomic mass is 16.4. The van der Waals surface area contributed by atoms with Gasteiger partial charge in [0.1, 0.15) is 0 Å². The Bertz CT molecular complexity index is 630. The molecule has 8 heteroatoms. The van der Waals surface area contributed by atoms with E-state index in [1.54, 1.807) is 0 Å². The molecule has 2 atom stereocenters. The third-order valence-corrected chi connectivity index (χ3v) is 6.40. The molecule has 0 saturated heterocycles. The molecule has 0 amide bonds. The molecule has 0 aromatic heterocycles. The van der Waals surface area contributed by atoms with Crippen LogP contribution in [-0.2, 0) is 19.2 Å². The first kappa shape index (κ1) is 31.0. The molecule has 0 heterocycles. The molecule has 0 spiro atoms. The number of carbonyl (C=O) groups excluding carboxylic acids is 1. The minimum atomic E-state index is -3.22. The van der Waals surface area contributed by atoms with Crippen LogP contribution in [0.5, 0.6) is 0 Å². The topological polar surface area (TPSA) is 149 Å². The van der Waals surface area contributed by atoms with Gasteiger partial charge in [0.2, 0.25) is 0 Å². The van der Waals surface area contributed by atoms with Crippen LogP contribution in [0.2, 0.25) is 0 Å². The third kappa shape index (κ3) is 9.82. The summed E-state index contributed by atoms with van der Waals surface area (Å²) in [7, 11) is 0. The van der Waals surface area contributed by atoms with E-state index in [4.69, 9.17) is 0 Å². The molecular weight excluding hydrogens is 428 g/mol. The van der Waals surface area contributed by atoms with Crippen molar-refractivity contribution in [3.8, 4) is 0 Å². The molecule has 0 aromatic carbocycles. The second-order valence-corrected chi connectivity index (χ2v) is 9.59. The highest BCUT2D eigenvalue weighted by Crippen LogP contribution is 2.43. The second-order valence-electron chi connectivity index (χ2n) is 9.59. The van der Waals surface area contributed by atoms with Gasteiger partial charge in [-0.25, -0.2) is 4.79 Å². The molecule has 0 bridgehead atoms. The smallest absolute Gasteiger partial charge is 0.338 e. The van der Waals surface area contributed by atoms with Crippen LogP contribution in [0.4, 0.5) is 0 Å². The summed E-state index contributed by atoms with van der Waals surface area (Å²) in [6.45, 7) is 6.35. The number of rotatable bonds is 21. The number of carboxylic acids is 3. The van der Waals surface area contributed by atoms with Gasteiger partial charge < -0.3 is 20.4 Å². The van der Waals surface area contributed by atoms with Gasteiger partial charge in [-0.2, -0.15) is 0 Å². The van der Waals surface area contributed by atoms with E-state index in [0.717, 1.165) is 51.4 Å². The van der Waals surface area contributed by atoms with E-state index >= 15 is 0 Å². The highest BCUT2D eigenvalue weighted by Gasteiger charge is 2.65. The van der Waals surface area contributed by atoms with Crippen molar-refractivity contribution in [3.05, 3.63) is 0 Å². The minimum Gasteiger partial charge on any atom is -0.481 e. The zero-order valence-corrected chi connectivity index (χ0v) is 20.6. The number of hydrogen-bond acceptors (Lipinski definition) is 5. The normalized spacial score (nSPS) is 15.1. The standard InChI is InChI=1S/C25H44O8/c1-4-5-6-9-13-16-20(26)24(22(29)30,25(33,23(31)32)18-21(27)28)17-14-11-8-7-10-12-15-19(2)3/h19,33H,4-18H2,1-3H3,(H,27,28)(H,29,30)(H,31,32). The molecule has 0 radical (unpaired) electrons. The number of ketones is 1. The fourth-order valence-corrected chi connectivity index (χ4v) is 4.36. The van der Waals surface area contributed by atoms with Crippen molar-refractivity contribution in [3.63, 3.8) is 0 Å². The van der Waals surface area contributed by atoms with Crippen LogP contribution in [0.25, 0.3) is 0 Å². The molecule has 2 unspecified atom stereocenters. The quantitative estimate of drug-likeness (QED) is 0.134. The average Bonchev–Trinajstić information content (AvgIpc) is 2.71. The Morgan fingerprint density at radius 3 is 1.73 bits per heavy atom. The van der Waals surface area contributed by atoms with Crippen molar-refractivity contribution in [2.45, 2.75) is 123 Å². The first-order chi connectivity index (χ1) is 15.5. The molecule has 4 N–H and O–H groups in total. The Balaban J connectivity index is 5.49. The Hall–Kier alpha value is -1.96. The first-order valence-electron chi connectivity index (χ1n) is 12.4. The number of hydrogen-bond donors (Lipinski definition) is 4. The average molecular weight is 473 g/mol. The van der Waals surface area contributed by atoms with E-state index in [-0.39, 0.29) is 12.8 Å². The number of unbranched alkanes of at least 4 members (excludes halogenated alkanes) is 9. The lowest BCUT2D eigenvalue weighted by Crippen LogP contribution is -2.63. The van der Waals surface area contributed by atoms with E-state index in [0.29, 0.717) is 25.2 Å². The number of aliphatic carboxylic acids is 3. The molecule has 0 saturated carbocycles. The van der Waals surface area contributed by atoms with E-state index in [9.17, 15) is 39.6 Å². The highest BCUT2D eigenvalue weighted by molar-refractivity contribution is 6.09. The predicted octanol–water partition coefficient (Wildman–Crippen LogP) is 5.05. The lowest BCUT2D eigenvalue weighted by Gasteiger charge is -2.39. The van der Waals surface area contributed by atoms with Crippen molar-refractivity contribution in [2.75, 3.05) is 0 Å². The lowest BCUT2D eigenvalue weighted by molar-refractivity contribution is -0.196. The molecule has 8 nitrogen and oxygen atoms in total. The summed E-state index contributed by atoms with van der Waals surface area (Å²) in [5, 5.41) is 39.8. The number of Topliss-reactive ketones (excluding diaryl/α,β-unsaturated/α-hetero) is 1. The van der Waals surface area contributed by atoms with Gasteiger partial charge in [-0.1, -0.05) is 91.4 Å². The maximum atomic E-state index is 13.1. The van der Waals surface area contributed by atoms with Crippen molar-refractivity contribution in [2.24, 2.45) is 11.3 Å². The van der Waals surface area contributed by atoms with Gasteiger partial charge in [0, 0.05) is 6.42 Å². The summed E-state index contributed by atoms with van der Waals surface area (Å²) in [4.78, 5) is 48.8. The monoisotopic (exact) mass is 472 g/mol. The van der Waals surface area contributed by atoms with Gasteiger partial charge in [-0.15, -0.1) is 0 Å². The van der Waals surface area contributed by atoms with Crippen LogP contribution in [0, 0.1) is 11.3 Å². The van der Waals surface area contributed by atoms with Crippen LogP contribution in [0.3, 0.4) is 0 Å². The van der Waals surface area contributed by atoms with Gasteiger partial charge in [-0.3, -0.25) is 14.4 Å². The van der Waals surface area contributed by atoms with Gasteiger partial charge in [-0.05, 0) is 18.8 Å². The summed E-state index contributed by atoms with van der Waals surface area (Å²) in [6.07, 6.45) is 7.69. The van der Waals surface area contributed by atoms with E-state index in [2.05, 4.69) is 13.8 Å². The van der Waals surface area contributed by atoms with Crippen LogP contribution < -0.4 is 0 Å². The first-order valence-corrected chi connectivity index (χ1v) is 12.4. The summed E-state index contributed by atoms with van der Waals surface area (Å²) in [5.41, 5.74) is -5.91.